The molecule has 2 atom stereocenters. The van der Waals surface area contributed by atoms with Crippen molar-refractivity contribution in [2.45, 2.75) is 26.1 Å². The van der Waals surface area contributed by atoms with E-state index < -0.39 is 0 Å². The van der Waals surface area contributed by atoms with E-state index in [-0.39, 0.29) is 29.2 Å². The molecule has 0 aromatic carbocycles. The molecule has 0 aromatic heterocycles. The number of hydrogen-bond acceptors (Lipinski definition) is 3. The molecule has 0 saturated carbocycles. The fraction of sp³-hybridized carbons (Fsp3) is 1.00. The molecular weight excluding hydrogens is 198 g/mol. The number of nitrogens with one attached hydrogen (secondary N) is 1. The summed E-state index contributed by atoms with van der Waals surface area (Å²) >= 11 is 0. The highest BCUT2D eigenvalue weighted by Crippen LogP contribution is 1.77. The highest BCUT2D eigenvalue weighted by atomic mass is 79.9. The van der Waals surface area contributed by atoms with Crippen LogP contribution in [0.3, 0.4) is 0 Å². The van der Waals surface area contributed by atoms with Crippen molar-refractivity contribution in [2.24, 2.45) is 0 Å². The van der Waals surface area contributed by atoms with Gasteiger partial charge in [0.1, 0.15) is 0 Å². The van der Waals surface area contributed by atoms with Crippen LogP contribution in [0.15, 0.2) is 0 Å². The van der Waals surface area contributed by atoms with Gasteiger partial charge in [0.25, 0.3) is 0 Å². The quantitative estimate of drug-likeness (QED) is 0.613. The minimum absolute atomic E-state index is 0. The molecule has 4 heteroatoms. The molecule has 3 N–H and O–H groups in total. The topological polar surface area (TPSA) is 52.5 Å². The Morgan fingerprint density at radius 1 is 1.10 bits per heavy atom. The Labute approximate surface area is 72.2 Å². The zero-order valence-electron chi connectivity index (χ0n) is 6.37. The molecular formula is C6H16BrNO2. The van der Waals surface area contributed by atoms with Crippen LogP contribution >= 0.6 is 17.0 Å². The van der Waals surface area contributed by atoms with Crippen molar-refractivity contribution in [1.29, 1.82) is 0 Å². The van der Waals surface area contributed by atoms with Gasteiger partial charge in [0.05, 0.1) is 12.2 Å². The first-order valence-electron chi connectivity index (χ1n) is 3.19. The fourth-order valence-electron chi connectivity index (χ4n) is 0.501. The van der Waals surface area contributed by atoms with Crippen LogP contribution in [0.2, 0.25) is 0 Å². The Morgan fingerprint density at radius 3 is 1.60 bits per heavy atom. The molecule has 0 fully saturated rings. The van der Waals surface area contributed by atoms with Crippen molar-refractivity contribution < 1.29 is 10.2 Å². The molecule has 0 heterocycles. The lowest BCUT2D eigenvalue weighted by atomic mass is 10.3. The van der Waals surface area contributed by atoms with Crippen molar-refractivity contribution >= 4 is 17.0 Å². The molecule has 0 amide bonds. The standard InChI is InChI=1S/C6H15NO2.BrH/c1-5(8)3-7-4-6(2)9;/h5-9H,3-4H2,1-2H3;1H. The summed E-state index contributed by atoms with van der Waals surface area (Å²) in [6, 6.07) is 0. The van der Waals surface area contributed by atoms with Crippen molar-refractivity contribution in [3.8, 4) is 0 Å². The predicted octanol–water partition coefficient (Wildman–Crippen LogP) is -0.0845. The molecule has 0 aliphatic heterocycles. The van der Waals surface area contributed by atoms with Gasteiger partial charge in [0.15, 0.2) is 0 Å². The van der Waals surface area contributed by atoms with Gasteiger partial charge in [-0.2, -0.15) is 0 Å². The first kappa shape index (κ1) is 13.0. The fourth-order valence-corrected chi connectivity index (χ4v) is 0.501. The van der Waals surface area contributed by atoms with E-state index in [0.717, 1.165) is 0 Å². The van der Waals surface area contributed by atoms with E-state index in [1.165, 1.54) is 0 Å². The van der Waals surface area contributed by atoms with Gasteiger partial charge < -0.3 is 15.5 Å². The first-order chi connectivity index (χ1) is 4.13. The molecule has 2 unspecified atom stereocenters. The van der Waals surface area contributed by atoms with Crippen LogP contribution < -0.4 is 5.32 Å². The molecule has 10 heavy (non-hydrogen) atoms. The van der Waals surface area contributed by atoms with Crippen LogP contribution in [0.1, 0.15) is 13.8 Å². The molecule has 64 valence electrons. The third-order valence-electron chi connectivity index (χ3n) is 0.879. The number of hydrogen-bond donors (Lipinski definition) is 3. The summed E-state index contributed by atoms with van der Waals surface area (Å²) < 4.78 is 0. The zero-order chi connectivity index (χ0) is 7.28. The number of aliphatic hydroxyl groups excluding tert-OH is 2. The van der Waals surface area contributed by atoms with E-state index in [9.17, 15) is 0 Å². The van der Waals surface area contributed by atoms with Gasteiger partial charge in [-0.3, -0.25) is 0 Å². The molecule has 0 radical (unpaired) electrons. The summed E-state index contributed by atoms with van der Waals surface area (Å²) in [6.45, 7) is 4.50. The second kappa shape index (κ2) is 7.47. The summed E-state index contributed by atoms with van der Waals surface area (Å²) in [5.74, 6) is 0. The smallest absolute Gasteiger partial charge is 0.0636 e. The Hall–Kier alpha value is 0.360. The zero-order valence-corrected chi connectivity index (χ0v) is 8.08. The Bertz CT molecular complexity index is 60.8. The summed E-state index contributed by atoms with van der Waals surface area (Å²) in [5, 5.41) is 20.3. The van der Waals surface area contributed by atoms with Gasteiger partial charge in [-0.15, -0.1) is 17.0 Å². The van der Waals surface area contributed by atoms with Crippen molar-refractivity contribution in [3.63, 3.8) is 0 Å². The number of aliphatic hydroxyl groups is 2. The maximum Gasteiger partial charge on any atom is 0.0636 e. The predicted molar refractivity (Wildman–Crippen MR) is 46.6 cm³/mol. The lowest BCUT2D eigenvalue weighted by Crippen LogP contribution is -2.30. The van der Waals surface area contributed by atoms with Crippen LogP contribution in [0.25, 0.3) is 0 Å². The van der Waals surface area contributed by atoms with Gasteiger partial charge in [-0.25, -0.2) is 0 Å². The van der Waals surface area contributed by atoms with Gasteiger partial charge in [-0.05, 0) is 13.8 Å². The molecule has 0 aliphatic carbocycles. The maximum atomic E-state index is 8.72. The minimum Gasteiger partial charge on any atom is -0.392 e. The average Bonchev–Trinajstić information content (AvgIpc) is 1.63. The number of halogens is 1. The summed E-state index contributed by atoms with van der Waals surface area (Å²) in [7, 11) is 0. The molecule has 0 aliphatic rings. The van der Waals surface area contributed by atoms with E-state index in [1.807, 2.05) is 0 Å². The molecule has 3 nitrogen and oxygen atoms in total. The average molecular weight is 214 g/mol. The molecule has 0 bridgehead atoms. The Balaban J connectivity index is 0. The molecule has 0 rings (SSSR count). The second-order valence-electron chi connectivity index (χ2n) is 2.36. The highest BCUT2D eigenvalue weighted by molar-refractivity contribution is 8.93. The van der Waals surface area contributed by atoms with Crippen LogP contribution in [0.5, 0.6) is 0 Å². The van der Waals surface area contributed by atoms with Crippen LogP contribution in [0.4, 0.5) is 0 Å². The lowest BCUT2D eigenvalue weighted by molar-refractivity contribution is 0.164. The van der Waals surface area contributed by atoms with Gasteiger partial charge in [0, 0.05) is 13.1 Å². The molecule has 0 saturated heterocycles. The maximum absolute atomic E-state index is 8.72. The van der Waals surface area contributed by atoms with Crippen LogP contribution in [-0.2, 0) is 0 Å². The lowest BCUT2D eigenvalue weighted by Gasteiger charge is -2.07. The number of rotatable bonds is 4. The normalized spacial score (nSPS) is 15.6. The van der Waals surface area contributed by atoms with E-state index in [2.05, 4.69) is 5.32 Å². The SMILES string of the molecule is Br.CC(O)CNCC(C)O. The van der Waals surface area contributed by atoms with Crippen molar-refractivity contribution in [1.82, 2.24) is 5.32 Å². The summed E-state index contributed by atoms with van der Waals surface area (Å²) in [4.78, 5) is 0. The molecule has 0 aromatic rings. The van der Waals surface area contributed by atoms with E-state index in [1.54, 1.807) is 13.8 Å². The van der Waals surface area contributed by atoms with Crippen molar-refractivity contribution in [3.05, 3.63) is 0 Å². The van der Waals surface area contributed by atoms with Crippen LogP contribution in [-0.4, -0.2) is 35.5 Å². The third kappa shape index (κ3) is 11.2. The largest absolute Gasteiger partial charge is 0.392 e. The molecule has 0 spiro atoms. The second-order valence-corrected chi connectivity index (χ2v) is 2.36. The Morgan fingerprint density at radius 2 is 1.40 bits per heavy atom. The summed E-state index contributed by atoms with van der Waals surface area (Å²) in [5.41, 5.74) is 0. The van der Waals surface area contributed by atoms with Gasteiger partial charge in [-0.1, -0.05) is 0 Å². The van der Waals surface area contributed by atoms with Gasteiger partial charge >= 0.3 is 0 Å². The Kier molecular flexibility index (Phi) is 9.70. The highest BCUT2D eigenvalue weighted by Gasteiger charge is 1.96. The first-order valence-corrected chi connectivity index (χ1v) is 3.19. The van der Waals surface area contributed by atoms with Gasteiger partial charge in [0.2, 0.25) is 0 Å². The van der Waals surface area contributed by atoms with E-state index in [0.29, 0.717) is 13.1 Å². The van der Waals surface area contributed by atoms with Crippen molar-refractivity contribution in [2.75, 3.05) is 13.1 Å². The third-order valence-corrected chi connectivity index (χ3v) is 0.879. The van der Waals surface area contributed by atoms with Crippen LogP contribution in [0, 0.1) is 0 Å². The monoisotopic (exact) mass is 213 g/mol. The van der Waals surface area contributed by atoms with E-state index in [4.69, 9.17) is 10.2 Å². The summed E-state index contributed by atoms with van der Waals surface area (Å²) in [6.07, 6.45) is -0.660. The van der Waals surface area contributed by atoms with E-state index >= 15 is 0 Å². The minimum atomic E-state index is -0.330.